The predicted octanol–water partition coefficient (Wildman–Crippen LogP) is 2.17. The lowest BCUT2D eigenvalue weighted by atomic mass is 10.1. The van der Waals surface area contributed by atoms with E-state index in [2.05, 4.69) is 59.5 Å². The van der Waals surface area contributed by atoms with Crippen molar-refractivity contribution in [1.29, 1.82) is 0 Å². The lowest BCUT2D eigenvalue weighted by Crippen LogP contribution is -2.44. The van der Waals surface area contributed by atoms with Gasteiger partial charge in [-0.05, 0) is 31.9 Å². The summed E-state index contributed by atoms with van der Waals surface area (Å²) in [6.07, 6.45) is 1.20. The standard InChI is InChI=1S/C20H34N4O2/c1-5-17(3)26-19-14-16(2)6-7-18(19)15-23-20(21-4)22-8-9-24-10-12-25-13-11-24/h6-7,14,17H,5,8-13,15H2,1-4H3,(H2,21,22,23). The highest BCUT2D eigenvalue weighted by molar-refractivity contribution is 5.79. The molecule has 1 fully saturated rings. The van der Waals surface area contributed by atoms with E-state index in [0.717, 1.165) is 63.1 Å². The molecule has 26 heavy (non-hydrogen) atoms. The van der Waals surface area contributed by atoms with Crippen molar-refractivity contribution >= 4 is 5.96 Å². The fourth-order valence-corrected chi connectivity index (χ4v) is 2.77. The third-order valence-corrected chi connectivity index (χ3v) is 4.62. The Morgan fingerprint density at radius 2 is 2.08 bits per heavy atom. The number of nitrogens with one attached hydrogen (secondary N) is 2. The van der Waals surface area contributed by atoms with Gasteiger partial charge in [-0.15, -0.1) is 0 Å². The Morgan fingerprint density at radius 1 is 1.31 bits per heavy atom. The number of nitrogens with zero attached hydrogens (tertiary/aromatic N) is 2. The van der Waals surface area contributed by atoms with Crippen LogP contribution in [0.2, 0.25) is 0 Å². The first-order valence-electron chi connectivity index (χ1n) is 9.63. The van der Waals surface area contributed by atoms with Crippen LogP contribution in [-0.2, 0) is 11.3 Å². The Kier molecular flexibility index (Phi) is 8.71. The highest BCUT2D eigenvalue weighted by Crippen LogP contribution is 2.22. The zero-order valence-corrected chi connectivity index (χ0v) is 16.7. The van der Waals surface area contributed by atoms with Crippen molar-refractivity contribution in [2.75, 3.05) is 46.4 Å². The van der Waals surface area contributed by atoms with E-state index in [1.165, 1.54) is 5.56 Å². The molecule has 146 valence electrons. The molecule has 2 rings (SSSR count). The smallest absolute Gasteiger partial charge is 0.191 e. The van der Waals surface area contributed by atoms with E-state index in [4.69, 9.17) is 9.47 Å². The first-order valence-corrected chi connectivity index (χ1v) is 9.63. The van der Waals surface area contributed by atoms with Crippen molar-refractivity contribution in [2.45, 2.75) is 39.8 Å². The molecule has 1 aliphatic rings. The highest BCUT2D eigenvalue weighted by atomic mass is 16.5. The molecule has 1 aromatic carbocycles. The van der Waals surface area contributed by atoms with E-state index >= 15 is 0 Å². The van der Waals surface area contributed by atoms with Crippen LogP contribution in [0, 0.1) is 6.92 Å². The molecular weight excluding hydrogens is 328 g/mol. The molecule has 6 heteroatoms. The van der Waals surface area contributed by atoms with Gasteiger partial charge in [0.2, 0.25) is 0 Å². The van der Waals surface area contributed by atoms with Gasteiger partial charge in [-0.2, -0.15) is 0 Å². The minimum absolute atomic E-state index is 0.210. The van der Waals surface area contributed by atoms with E-state index in [1.807, 2.05) is 0 Å². The zero-order valence-electron chi connectivity index (χ0n) is 16.7. The molecule has 1 aromatic rings. The average Bonchev–Trinajstić information content (AvgIpc) is 2.66. The van der Waals surface area contributed by atoms with Crippen molar-refractivity contribution in [3.63, 3.8) is 0 Å². The molecule has 0 aromatic heterocycles. The topological polar surface area (TPSA) is 58.1 Å². The summed E-state index contributed by atoms with van der Waals surface area (Å²) in [7, 11) is 1.80. The monoisotopic (exact) mass is 362 g/mol. The number of guanidine groups is 1. The van der Waals surface area contributed by atoms with Crippen molar-refractivity contribution in [3.8, 4) is 5.75 Å². The molecule has 1 atom stereocenters. The summed E-state index contributed by atoms with van der Waals surface area (Å²) in [6.45, 7) is 12.6. The molecule has 0 saturated carbocycles. The Morgan fingerprint density at radius 3 is 2.77 bits per heavy atom. The van der Waals surface area contributed by atoms with Gasteiger partial charge in [0, 0.05) is 45.3 Å². The first kappa shape index (κ1) is 20.5. The van der Waals surface area contributed by atoms with Gasteiger partial charge in [-0.3, -0.25) is 9.89 Å². The molecule has 0 spiro atoms. The summed E-state index contributed by atoms with van der Waals surface area (Å²) in [4.78, 5) is 6.73. The second kappa shape index (κ2) is 11.0. The highest BCUT2D eigenvalue weighted by Gasteiger charge is 2.11. The Labute approximate surface area is 158 Å². The quantitative estimate of drug-likeness (QED) is 0.548. The van der Waals surface area contributed by atoms with Crippen LogP contribution in [0.5, 0.6) is 5.75 Å². The number of hydrogen-bond acceptors (Lipinski definition) is 4. The molecule has 1 unspecified atom stereocenters. The van der Waals surface area contributed by atoms with Gasteiger partial charge in [-0.25, -0.2) is 0 Å². The van der Waals surface area contributed by atoms with E-state index < -0.39 is 0 Å². The molecule has 2 N–H and O–H groups in total. The molecule has 0 radical (unpaired) electrons. The fourth-order valence-electron chi connectivity index (χ4n) is 2.77. The normalized spacial score (nSPS) is 17.0. The van der Waals surface area contributed by atoms with Crippen molar-refractivity contribution in [1.82, 2.24) is 15.5 Å². The van der Waals surface area contributed by atoms with E-state index in [-0.39, 0.29) is 6.10 Å². The largest absolute Gasteiger partial charge is 0.490 e. The average molecular weight is 363 g/mol. The maximum absolute atomic E-state index is 6.08. The maximum Gasteiger partial charge on any atom is 0.191 e. The van der Waals surface area contributed by atoms with Gasteiger partial charge in [0.15, 0.2) is 5.96 Å². The van der Waals surface area contributed by atoms with Crippen LogP contribution < -0.4 is 15.4 Å². The van der Waals surface area contributed by atoms with Crippen molar-refractivity contribution < 1.29 is 9.47 Å². The maximum atomic E-state index is 6.08. The van der Waals surface area contributed by atoms with E-state index in [0.29, 0.717) is 6.54 Å². The van der Waals surface area contributed by atoms with Crippen LogP contribution in [0.1, 0.15) is 31.4 Å². The number of hydrogen-bond donors (Lipinski definition) is 2. The summed E-state index contributed by atoms with van der Waals surface area (Å²) in [6, 6.07) is 6.36. The summed E-state index contributed by atoms with van der Waals surface area (Å²) in [5, 5.41) is 6.78. The number of rotatable bonds is 8. The summed E-state index contributed by atoms with van der Waals surface area (Å²) < 4.78 is 11.5. The van der Waals surface area contributed by atoms with Crippen LogP contribution in [0.25, 0.3) is 0 Å². The first-order chi connectivity index (χ1) is 12.6. The Balaban J connectivity index is 1.83. The molecule has 6 nitrogen and oxygen atoms in total. The molecule has 1 saturated heterocycles. The van der Waals surface area contributed by atoms with Gasteiger partial charge in [0.25, 0.3) is 0 Å². The fraction of sp³-hybridized carbons (Fsp3) is 0.650. The van der Waals surface area contributed by atoms with Gasteiger partial charge in [0.1, 0.15) is 5.75 Å². The zero-order chi connectivity index (χ0) is 18.8. The third kappa shape index (κ3) is 6.84. The number of benzene rings is 1. The lowest BCUT2D eigenvalue weighted by Gasteiger charge is -2.26. The SMILES string of the molecule is CCC(C)Oc1cc(C)ccc1CNC(=NC)NCCN1CCOCC1. The summed E-state index contributed by atoms with van der Waals surface area (Å²) >= 11 is 0. The number of ether oxygens (including phenoxy) is 2. The molecule has 0 amide bonds. The molecule has 1 aliphatic heterocycles. The number of aliphatic imine (C=N–C) groups is 1. The van der Waals surface area contributed by atoms with Crippen LogP contribution in [-0.4, -0.2) is 63.4 Å². The van der Waals surface area contributed by atoms with E-state index in [9.17, 15) is 0 Å². The second-order valence-electron chi connectivity index (χ2n) is 6.75. The summed E-state index contributed by atoms with van der Waals surface area (Å²) in [5.74, 6) is 1.77. The molecular formula is C20H34N4O2. The minimum Gasteiger partial charge on any atom is -0.490 e. The van der Waals surface area contributed by atoms with Crippen LogP contribution >= 0.6 is 0 Å². The minimum atomic E-state index is 0.210. The van der Waals surface area contributed by atoms with Crippen LogP contribution in [0.4, 0.5) is 0 Å². The van der Waals surface area contributed by atoms with Gasteiger partial charge in [-0.1, -0.05) is 19.1 Å². The number of aryl methyl sites for hydroxylation is 1. The predicted molar refractivity (Wildman–Crippen MR) is 107 cm³/mol. The van der Waals surface area contributed by atoms with Crippen LogP contribution in [0.15, 0.2) is 23.2 Å². The van der Waals surface area contributed by atoms with Crippen molar-refractivity contribution in [2.24, 2.45) is 4.99 Å². The second-order valence-corrected chi connectivity index (χ2v) is 6.75. The number of morpholine rings is 1. The lowest BCUT2D eigenvalue weighted by molar-refractivity contribution is 0.0389. The Hall–Kier alpha value is -1.79. The molecule has 0 aliphatic carbocycles. The third-order valence-electron chi connectivity index (χ3n) is 4.62. The van der Waals surface area contributed by atoms with Gasteiger partial charge >= 0.3 is 0 Å². The molecule has 1 heterocycles. The van der Waals surface area contributed by atoms with Crippen LogP contribution in [0.3, 0.4) is 0 Å². The van der Waals surface area contributed by atoms with E-state index in [1.54, 1.807) is 7.05 Å². The molecule has 0 bridgehead atoms. The summed E-state index contributed by atoms with van der Waals surface area (Å²) in [5.41, 5.74) is 2.35. The van der Waals surface area contributed by atoms with Gasteiger partial charge in [0.05, 0.1) is 19.3 Å². The van der Waals surface area contributed by atoms with Crippen molar-refractivity contribution in [3.05, 3.63) is 29.3 Å². The van der Waals surface area contributed by atoms with Gasteiger partial charge < -0.3 is 20.1 Å². The Bertz CT molecular complexity index is 571.